The van der Waals surface area contributed by atoms with E-state index in [1.807, 2.05) is 12.4 Å². The Morgan fingerprint density at radius 2 is 1.81 bits per heavy atom. The molecule has 2 atom stereocenters. The second-order valence-electron chi connectivity index (χ2n) is 8.47. The highest BCUT2D eigenvalue weighted by atomic mass is 16.5. The maximum Gasteiger partial charge on any atom is 0.115 e. The van der Waals surface area contributed by atoms with Crippen molar-refractivity contribution in [2.75, 3.05) is 63.9 Å². The Hall–Kier alpha value is -1.24. The molecule has 3 saturated heterocycles. The van der Waals surface area contributed by atoms with E-state index in [2.05, 4.69) is 24.7 Å². The molecule has 0 bridgehead atoms. The first-order valence-electron chi connectivity index (χ1n) is 10.9. The minimum atomic E-state index is 0.675. The van der Waals surface area contributed by atoms with E-state index >= 15 is 0 Å². The summed E-state index contributed by atoms with van der Waals surface area (Å²) in [5.41, 5.74) is 1.16. The van der Waals surface area contributed by atoms with Crippen LogP contribution in [0.4, 0.5) is 5.69 Å². The van der Waals surface area contributed by atoms with Gasteiger partial charge in [-0.1, -0.05) is 6.42 Å². The number of fused-ring (bicyclic) bond motifs is 1. The fraction of sp³-hybridized carbons (Fsp3) is 0.810. The van der Waals surface area contributed by atoms with Gasteiger partial charge in [-0.3, -0.25) is 4.90 Å². The van der Waals surface area contributed by atoms with E-state index in [-0.39, 0.29) is 0 Å². The summed E-state index contributed by atoms with van der Waals surface area (Å²) in [5, 5.41) is 0. The Balaban J connectivity index is 1.12. The van der Waals surface area contributed by atoms with Gasteiger partial charge < -0.3 is 14.5 Å². The zero-order chi connectivity index (χ0) is 18.3. The molecule has 0 aromatic carbocycles. The third-order valence-corrected chi connectivity index (χ3v) is 6.48. The van der Waals surface area contributed by atoms with Gasteiger partial charge in [0.25, 0.3) is 0 Å². The number of hydrogen-bond acceptors (Lipinski definition) is 6. The van der Waals surface area contributed by atoms with E-state index in [4.69, 9.17) is 4.74 Å². The molecular formula is C21H35N5O. The summed E-state index contributed by atoms with van der Waals surface area (Å²) in [6.45, 7) is 10.2. The first-order chi connectivity index (χ1) is 13.4. The number of hydrogen-bond donors (Lipinski definition) is 0. The van der Waals surface area contributed by atoms with Gasteiger partial charge in [-0.05, 0) is 51.1 Å². The van der Waals surface area contributed by atoms with Crippen molar-refractivity contribution in [2.45, 2.75) is 44.6 Å². The van der Waals surface area contributed by atoms with Crippen LogP contribution in [0, 0.1) is 5.92 Å². The van der Waals surface area contributed by atoms with Crippen LogP contribution >= 0.6 is 0 Å². The Labute approximate surface area is 163 Å². The second-order valence-corrected chi connectivity index (χ2v) is 8.47. The average Bonchev–Trinajstić information content (AvgIpc) is 2.74. The van der Waals surface area contributed by atoms with Gasteiger partial charge in [-0.2, -0.15) is 0 Å². The summed E-state index contributed by atoms with van der Waals surface area (Å²) in [5.74, 6) is 0.711. The molecule has 27 heavy (non-hydrogen) atoms. The standard InChI is InChI=1S/C21H35N5O/c1-2-7-24(8-3-1)9-4-12-27-17-19-5-6-20-16-26(11-10-25(20)15-19)21-13-22-18-23-14-21/h13-14,18-20H,1-12,15-17H2. The maximum absolute atomic E-state index is 6.05. The first kappa shape index (κ1) is 19.1. The quantitative estimate of drug-likeness (QED) is 0.683. The topological polar surface area (TPSA) is 44.7 Å². The molecule has 4 heterocycles. The fourth-order valence-corrected chi connectivity index (χ4v) is 4.91. The molecule has 2 unspecified atom stereocenters. The molecule has 0 amide bonds. The molecule has 150 valence electrons. The summed E-state index contributed by atoms with van der Waals surface area (Å²) in [7, 11) is 0. The van der Waals surface area contributed by atoms with Crippen molar-refractivity contribution in [2.24, 2.45) is 5.92 Å². The first-order valence-corrected chi connectivity index (χ1v) is 10.9. The highest BCUT2D eigenvalue weighted by Gasteiger charge is 2.33. The molecule has 0 aliphatic carbocycles. The van der Waals surface area contributed by atoms with E-state index in [9.17, 15) is 0 Å². The molecular weight excluding hydrogens is 338 g/mol. The smallest absolute Gasteiger partial charge is 0.115 e. The van der Waals surface area contributed by atoms with Crippen LogP contribution in [0.15, 0.2) is 18.7 Å². The lowest BCUT2D eigenvalue weighted by Gasteiger charge is -2.46. The zero-order valence-electron chi connectivity index (χ0n) is 16.6. The van der Waals surface area contributed by atoms with Crippen molar-refractivity contribution >= 4 is 5.69 Å². The van der Waals surface area contributed by atoms with Crippen LogP contribution in [0.25, 0.3) is 0 Å². The third-order valence-electron chi connectivity index (χ3n) is 6.48. The molecule has 0 spiro atoms. The zero-order valence-corrected chi connectivity index (χ0v) is 16.6. The van der Waals surface area contributed by atoms with Gasteiger partial charge in [0.05, 0.1) is 24.7 Å². The molecule has 6 nitrogen and oxygen atoms in total. The monoisotopic (exact) mass is 373 g/mol. The van der Waals surface area contributed by atoms with Gasteiger partial charge in [-0.25, -0.2) is 9.97 Å². The van der Waals surface area contributed by atoms with Gasteiger partial charge in [0.15, 0.2) is 0 Å². The largest absolute Gasteiger partial charge is 0.381 e. The SMILES string of the molecule is c1ncc(N2CCN3CC(COCCCN4CCCCC4)CCC3C2)cn1. The Morgan fingerprint density at radius 3 is 2.67 bits per heavy atom. The number of likely N-dealkylation sites (tertiary alicyclic amines) is 1. The van der Waals surface area contributed by atoms with Crippen molar-refractivity contribution in [1.82, 2.24) is 19.8 Å². The van der Waals surface area contributed by atoms with Crippen molar-refractivity contribution in [3.63, 3.8) is 0 Å². The Morgan fingerprint density at radius 1 is 0.963 bits per heavy atom. The van der Waals surface area contributed by atoms with Crippen LogP contribution < -0.4 is 4.90 Å². The summed E-state index contributed by atoms with van der Waals surface area (Å²) >= 11 is 0. The Bertz CT molecular complexity index is 551. The average molecular weight is 374 g/mol. The number of anilines is 1. The fourth-order valence-electron chi connectivity index (χ4n) is 4.91. The van der Waals surface area contributed by atoms with E-state index in [0.29, 0.717) is 12.0 Å². The normalized spacial score (nSPS) is 27.5. The number of rotatable bonds is 7. The van der Waals surface area contributed by atoms with Crippen LogP contribution in [0.2, 0.25) is 0 Å². The predicted octanol–water partition coefficient (Wildman–Crippen LogP) is 2.27. The maximum atomic E-state index is 6.05. The van der Waals surface area contributed by atoms with Crippen molar-refractivity contribution in [1.29, 1.82) is 0 Å². The van der Waals surface area contributed by atoms with Crippen LogP contribution in [-0.2, 0) is 4.74 Å². The van der Waals surface area contributed by atoms with Crippen LogP contribution in [0.3, 0.4) is 0 Å². The van der Waals surface area contributed by atoms with Crippen molar-refractivity contribution in [3.8, 4) is 0 Å². The van der Waals surface area contributed by atoms with E-state index in [0.717, 1.165) is 38.5 Å². The van der Waals surface area contributed by atoms with Crippen LogP contribution in [-0.4, -0.2) is 84.8 Å². The minimum Gasteiger partial charge on any atom is -0.381 e. The van der Waals surface area contributed by atoms with Gasteiger partial charge in [0.1, 0.15) is 6.33 Å². The molecule has 4 rings (SSSR count). The molecule has 3 fully saturated rings. The number of ether oxygens (including phenoxy) is 1. The highest BCUT2D eigenvalue weighted by Crippen LogP contribution is 2.27. The van der Waals surface area contributed by atoms with Gasteiger partial charge in [0, 0.05) is 45.4 Å². The lowest BCUT2D eigenvalue weighted by Crippen LogP contribution is -2.57. The van der Waals surface area contributed by atoms with Gasteiger partial charge in [0.2, 0.25) is 0 Å². The Kier molecular flexibility index (Phi) is 6.93. The van der Waals surface area contributed by atoms with E-state index < -0.39 is 0 Å². The minimum absolute atomic E-state index is 0.675. The molecule has 3 aliphatic heterocycles. The second kappa shape index (κ2) is 9.80. The molecule has 0 saturated carbocycles. The molecule has 1 aromatic rings. The number of piperazine rings is 1. The van der Waals surface area contributed by atoms with E-state index in [1.165, 1.54) is 64.7 Å². The summed E-state index contributed by atoms with van der Waals surface area (Å²) in [6.07, 6.45) is 13.4. The van der Waals surface area contributed by atoms with Crippen molar-refractivity contribution < 1.29 is 4.74 Å². The lowest BCUT2D eigenvalue weighted by molar-refractivity contribution is 0.0306. The van der Waals surface area contributed by atoms with Crippen LogP contribution in [0.1, 0.15) is 38.5 Å². The molecule has 3 aliphatic rings. The number of aromatic nitrogens is 2. The summed E-state index contributed by atoms with van der Waals surface area (Å²) < 4.78 is 6.05. The summed E-state index contributed by atoms with van der Waals surface area (Å²) in [6, 6.07) is 0.675. The van der Waals surface area contributed by atoms with Gasteiger partial charge in [-0.15, -0.1) is 0 Å². The van der Waals surface area contributed by atoms with Crippen molar-refractivity contribution in [3.05, 3.63) is 18.7 Å². The van der Waals surface area contributed by atoms with Gasteiger partial charge >= 0.3 is 0 Å². The van der Waals surface area contributed by atoms with E-state index in [1.54, 1.807) is 6.33 Å². The summed E-state index contributed by atoms with van der Waals surface area (Å²) in [4.78, 5) is 16.1. The highest BCUT2D eigenvalue weighted by molar-refractivity contribution is 5.42. The molecule has 0 N–H and O–H groups in total. The lowest BCUT2D eigenvalue weighted by atomic mass is 9.91. The predicted molar refractivity (Wildman–Crippen MR) is 108 cm³/mol. The third kappa shape index (κ3) is 5.39. The number of nitrogens with zero attached hydrogens (tertiary/aromatic N) is 5. The molecule has 0 radical (unpaired) electrons. The molecule has 1 aromatic heterocycles. The van der Waals surface area contributed by atoms with Crippen LogP contribution in [0.5, 0.6) is 0 Å². The molecule has 6 heteroatoms. The number of piperidine rings is 2.